The highest BCUT2D eigenvalue weighted by Gasteiger charge is 2.19. The number of rotatable bonds is 9. The molecule has 0 atom stereocenters. The van der Waals surface area contributed by atoms with Crippen molar-refractivity contribution >= 4 is 68.7 Å². The van der Waals surface area contributed by atoms with E-state index in [1.165, 1.54) is 36.0 Å². The first kappa shape index (κ1) is 30.0. The molecule has 0 aliphatic heterocycles. The zero-order valence-corrected chi connectivity index (χ0v) is 25.1. The predicted molar refractivity (Wildman–Crippen MR) is 181 cm³/mol. The second-order valence-corrected chi connectivity index (χ2v) is 11.3. The maximum Gasteiger partial charge on any atom is 0.276 e. The van der Waals surface area contributed by atoms with Crippen LogP contribution in [-0.2, 0) is 4.79 Å². The summed E-state index contributed by atoms with van der Waals surface area (Å²) in [6.07, 6.45) is 1.28. The average molecular weight is 627 g/mol. The number of amides is 2. The Labute approximate surface area is 267 Å². The minimum Gasteiger partial charge on any atom is -0.321 e. The third-order valence-electron chi connectivity index (χ3n) is 7.27. The van der Waals surface area contributed by atoms with Crippen molar-refractivity contribution in [1.82, 2.24) is 9.88 Å². The molecule has 0 unspecified atom stereocenters. The van der Waals surface area contributed by atoms with E-state index in [0.717, 1.165) is 26.7 Å². The maximum atomic E-state index is 13.4. The summed E-state index contributed by atoms with van der Waals surface area (Å²) >= 11 is 1.37. The van der Waals surface area contributed by atoms with Crippen LogP contribution in [0.25, 0.3) is 27.9 Å². The highest BCUT2D eigenvalue weighted by atomic mass is 32.2. The van der Waals surface area contributed by atoms with Gasteiger partial charge in [0.1, 0.15) is 5.70 Å². The number of hydrogen-bond donors (Lipinski definition) is 2. The summed E-state index contributed by atoms with van der Waals surface area (Å²) in [6.45, 7) is 0. The maximum absolute atomic E-state index is 13.4. The van der Waals surface area contributed by atoms with Crippen molar-refractivity contribution in [1.29, 1.82) is 0 Å². The Bertz CT molecular complexity index is 2090. The summed E-state index contributed by atoms with van der Waals surface area (Å²) < 4.78 is 1.75. The fraction of sp³-hybridized carbons (Fsp3) is 0.0278. The second-order valence-electron chi connectivity index (χ2n) is 10.2. The van der Waals surface area contributed by atoms with E-state index in [2.05, 4.69) is 10.6 Å². The summed E-state index contributed by atoms with van der Waals surface area (Å²) in [5, 5.41) is 19.0. The minimum atomic E-state index is -0.663. The molecule has 0 saturated heterocycles. The number of anilines is 1. The molecule has 6 rings (SSSR count). The molecule has 1 heterocycles. The molecule has 0 radical (unpaired) electrons. The third-order valence-corrected chi connectivity index (χ3v) is 8.26. The van der Waals surface area contributed by atoms with E-state index in [-0.39, 0.29) is 28.6 Å². The van der Waals surface area contributed by atoms with E-state index in [9.17, 15) is 24.5 Å². The van der Waals surface area contributed by atoms with Crippen LogP contribution in [0.4, 0.5) is 11.4 Å². The van der Waals surface area contributed by atoms with Gasteiger partial charge in [0.2, 0.25) is 5.91 Å². The van der Waals surface area contributed by atoms with Crippen LogP contribution in [-0.4, -0.2) is 33.0 Å². The molecule has 0 spiro atoms. The van der Waals surface area contributed by atoms with Gasteiger partial charge < -0.3 is 10.6 Å². The van der Waals surface area contributed by atoms with Crippen molar-refractivity contribution in [3.8, 4) is 0 Å². The smallest absolute Gasteiger partial charge is 0.276 e. The van der Waals surface area contributed by atoms with Gasteiger partial charge in [-0.3, -0.25) is 29.1 Å². The van der Waals surface area contributed by atoms with E-state index in [1.54, 1.807) is 65.2 Å². The first-order chi connectivity index (χ1) is 22.4. The molecule has 46 heavy (non-hydrogen) atoms. The monoisotopic (exact) mass is 626 g/mol. The van der Waals surface area contributed by atoms with Gasteiger partial charge in [-0.15, -0.1) is 11.8 Å². The molecular weight excluding hydrogens is 600 g/mol. The van der Waals surface area contributed by atoms with Gasteiger partial charge in [0, 0.05) is 33.0 Å². The van der Waals surface area contributed by atoms with E-state index >= 15 is 0 Å². The first-order valence-corrected chi connectivity index (χ1v) is 15.2. The zero-order chi connectivity index (χ0) is 32.0. The lowest BCUT2D eigenvalue weighted by Gasteiger charge is -2.12. The van der Waals surface area contributed by atoms with Crippen LogP contribution in [0.2, 0.25) is 0 Å². The van der Waals surface area contributed by atoms with Crippen LogP contribution in [0.3, 0.4) is 0 Å². The molecular formula is C36H26N4O5S. The van der Waals surface area contributed by atoms with Crippen molar-refractivity contribution in [2.75, 3.05) is 11.1 Å². The number of nitro groups is 1. The van der Waals surface area contributed by atoms with Crippen LogP contribution in [0.1, 0.15) is 20.7 Å². The Balaban J connectivity index is 1.18. The Morgan fingerprint density at radius 2 is 1.33 bits per heavy atom. The van der Waals surface area contributed by atoms with E-state index in [1.807, 2.05) is 48.5 Å². The zero-order valence-electron chi connectivity index (χ0n) is 24.3. The number of carbonyl (C=O) groups is 3. The number of aromatic nitrogens is 1. The normalized spacial score (nSPS) is 11.3. The highest BCUT2D eigenvalue weighted by Crippen LogP contribution is 2.30. The number of nitrogens with one attached hydrogen (secondary N) is 2. The summed E-state index contributed by atoms with van der Waals surface area (Å²) in [7, 11) is 0. The van der Waals surface area contributed by atoms with Crippen LogP contribution in [0, 0.1) is 10.1 Å². The summed E-state index contributed by atoms with van der Waals surface area (Å²) in [5.41, 5.74) is 2.25. The third kappa shape index (κ3) is 6.42. The Morgan fingerprint density at radius 1 is 0.739 bits per heavy atom. The molecule has 0 fully saturated rings. The summed E-state index contributed by atoms with van der Waals surface area (Å²) in [6, 6.07) is 36.9. The lowest BCUT2D eigenvalue weighted by Crippen LogP contribution is -2.30. The molecule has 2 amide bonds. The van der Waals surface area contributed by atoms with Gasteiger partial charge in [0.05, 0.1) is 27.3 Å². The molecule has 0 aliphatic carbocycles. The highest BCUT2D eigenvalue weighted by molar-refractivity contribution is 8.00. The van der Waals surface area contributed by atoms with Crippen molar-refractivity contribution in [3.05, 3.63) is 154 Å². The molecule has 10 heteroatoms. The fourth-order valence-electron chi connectivity index (χ4n) is 5.11. The molecule has 1 aromatic heterocycles. The van der Waals surface area contributed by atoms with Crippen LogP contribution in [0.15, 0.2) is 138 Å². The van der Waals surface area contributed by atoms with Crippen molar-refractivity contribution in [2.24, 2.45) is 0 Å². The van der Waals surface area contributed by atoms with E-state index < -0.39 is 16.7 Å². The molecule has 9 nitrogen and oxygen atoms in total. The predicted octanol–water partition coefficient (Wildman–Crippen LogP) is 7.54. The lowest BCUT2D eigenvalue weighted by molar-refractivity contribution is -0.385. The Hall–Kier alpha value is -6.00. The van der Waals surface area contributed by atoms with Gasteiger partial charge in [-0.2, -0.15) is 0 Å². The molecule has 226 valence electrons. The molecule has 0 aliphatic rings. The Kier molecular flexibility index (Phi) is 8.71. The summed E-state index contributed by atoms with van der Waals surface area (Å²) in [5.74, 6) is -1.06. The number of benzene rings is 5. The number of hydrogen-bond acceptors (Lipinski definition) is 6. The van der Waals surface area contributed by atoms with Gasteiger partial charge in [0.15, 0.2) is 0 Å². The van der Waals surface area contributed by atoms with Gasteiger partial charge in [-0.1, -0.05) is 66.7 Å². The van der Waals surface area contributed by atoms with Crippen LogP contribution >= 0.6 is 11.8 Å². The van der Waals surface area contributed by atoms with E-state index in [4.69, 9.17) is 0 Å². The largest absolute Gasteiger partial charge is 0.321 e. The van der Waals surface area contributed by atoms with Crippen molar-refractivity contribution < 1.29 is 19.3 Å². The molecule has 0 bridgehead atoms. The van der Waals surface area contributed by atoms with Gasteiger partial charge in [0.25, 0.3) is 17.5 Å². The van der Waals surface area contributed by atoms with Gasteiger partial charge >= 0.3 is 0 Å². The van der Waals surface area contributed by atoms with Crippen LogP contribution in [0.5, 0.6) is 0 Å². The first-order valence-electron chi connectivity index (χ1n) is 14.3. The van der Waals surface area contributed by atoms with Crippen LogP contribution < -0.4 is 10.6 Å². The minimum absolute atomic E-state index is 0.0567. The Morgan fingerprint density at radius 3 is 1.98 bits per heavy atom. The molecule has 6 aromatic rings. The average Bonchev–Trinajstić information content (AvgIpc) is 3.42. The fourth-order valence-corrected chi connectivity index (χ4v) is 5.86. The van der Waals surface area contributed by atoms with Gasteiger partial charge in [-0.25, -0.2) is 0 Å². The molecule has 2 N–H and O–H groups in total. The number of nitro benzene ring substituents is 1. The lowest BCUT2D eigenvalue weighted by atomic mass is 10.1. The number of para-hydroxylation sites is 3. The van der Waals surface area contributed by atoms with E-state index in [0.29, 0.717) is 11.3 Å². The topological polar surface area (TPSA) is 123 Å². The number of thioether (sulfide) groups is 1. The quantitative estimate of drug-likeness (QED) is 0.0740. The summed E-state index contributed by atoms with van der Waals surface area (Å²) in [4.78, 5) is 51.6. The second kappa shape index (κ2) is 13.3. The number of nitrogens with zero attached hydrogens (tertiary/aromatic N) is 2. The SMILES string of the molecule is O=C(Nc1ccc(SCC(=O)n2c3ccccc3c3ccccc32)cc1)/C(=C/c1ccccc1[N+](=O)[O-])NC(=O)c1ccccc1. The number of fused-ring (bicyclic) bond motifs is 3. The molecule has 0 saturated carbocycles. The van der Waals surface area contributed by atoms with Crippen molar-refractivity contribution in [3.63, 3.8) is 0 Å². The standard InChI is InChI=1S/C36H26N4O5S/c41-34(39-32-16-8-5-13-28(32)29-14-6-9-17-33(29)39)23-46-27-20-18-26(19-21-27)37-36(43)30(38-35(42)24-10-2-1-3-11-24)22-25-12-4-7-15-31(25)40(44)45/h1-22H,23H2,(H,37,43)(H,38,42)/b30-22-. The number of carbonyl (C=O) groups excluding carboxylic acids is 3. The van der Waals surface area contributed by atoms with Gasteiger partial charge in [-0.05, 0) is 60.7 Å². The van der Waals surface area contributed by atoms with Crippen molar-refractivity contribution in [2.45, 2.75) is 4.90 Å². The molecule has 5 aromatic carbocycles.